The highest BCUT2D eigenvalue weighted by Gasteiger charge is 1.97. The van der Waals surface area contributed by atoms with E-state index in [-0.39, 0.29) is 0 Å². The van der Waals surface area contributed by atoms with E-state index in [1.807, 2.05) is 0 Å². The first kappa shape index (κ1) is 11.0. The minimum absolute atomic E-state index is 0.639. The van der Waals surface area contributed by atoms with Gasteiger partial charge in [-0.15, -0.1) is 0 Å². The molecule has 0 spiro atoms. The molecule has 0 unspecified atom stereocenters. The lowest BCUT2D eigenvalue weighted by Gasteiger charge is -2.05. The Bertz CT molecular complexity index is 313. The van der Waals surface area contributed by atoms with E-state index >= 15 is 0 Å². The average molecular weight is 189 g/mol. The van der Waals surface area contributed by atoms with E-state index in [0.29, 0.717) is 6.54 Å². The van der Waals surface area contributed by atoms with Gasteiger partial charge >= 0.3 is 0 Å². The van der Waals surface area contributed by atoms with Gasteiger partial charge in [0, 0.05) is 6.54 Å². The van der Waals surface area contributed by atoms with Gasteiger partial charge in [-0.3, -0.25) is 0 Å². The van der Waals surface area contributed by atoms with E-state index in [4.69, 9.17) is 5.73 Å². The van der Waals surface area contributed by atoms with Gasteiger partial charge in [-0.05, 0) is 24.5 Å². The van der Waals surface area contributed by atoms with Gasteiger partial charge in [0.05, 0.1) is 0 Å². The van der Waals surface area contributed by atoms with Crippen LogP contribution in [0.1, 0.15) is 31.4 Å². The summed E-state index contributed by atoms with van der Waals surface area (Å²) in [5, 5.41) is 0. The quantitative estimate of drug-likeness (QED) is 0.774. The van der Waals surface area contributed by atoms with Crippen LogP contribution in [0.25, 0.3) is 6.08 Å². The summed E-state index contributed by atoms with van der Waals surface area (Å²) in [4.78, 5) is 0. The van der Waals surface area contributed by atoms with Crippen LogP contribution in [-0.2, 0) is 6.42 Å². The molecule has 1 aromatic rings. The molecule has 14 heavy (non-hydrogen) atoms. The second-order valence-electron chi connectivity index (χ2n) is 3.64. The molecule has 0 aromatic heterocycles. The molecule has 76 valence electrons. The molecule has 0 amide bonds. The fraction of sp³-hybridized carbons (Fsp3) is 0.385. The zero-order valence-electron chi connectivity index (χ0n) is 9.09. The molecule has 1 heteroatoms. The molecule has 1 rings (SSSR count). The first-order valence-corrected chi connectivity index (χ1v) is 5.23. The van der Waals surface area contributed by atoms with Crippen molar-refractivity contribution in [3.05, 3.63) is 41.0 Å². The molecular formula is C13H19N. The maximum absolute atomic E-state index is 5.58. The highest BCUT2D eigenvalue weighted by atomic mass is 14.5. The van der Waals surface area contributed by atoms with E-state index in [9.17, 15) is 0 Å². The predicted octanol–water partition coefficient (Wildman–Crippen LogP) is 3.00. The minimum atomic E-state index is 0.639. The lowest BCUT2D eigenvalue weighted by Crippen LogP contribution is -1.99. The van der Waals surface area contributed by atoms with Crippen molar-refractivity contribution < 1.29 is 0 Å². The van der Waals surface area contributed by atoms with Gasteiger partial charge in [0.1, 0.15) is 0 Å². The number of rotatable bonds is 4. The molecule has 0 fully saturated rings. The Morgan fingerprint density at radius 1 is 1.36 bits per heavy atom. The number of benzene rings is 1. The Balaban J connectivity index is 2.95. The van der Waals surface area contributed by atoms with Crippen molar-refractivity contribution in [3.63, 3.8) is 0 Å². The fourth-order valence-corrected chi connectivity index (χ4v) is 1.50. The van der Waals surface area contributed by atoms with E-state index in [2.05, 4.69) is 44.2 Å². The van der Waals surface area contributed by atoms with Crippen LogP contribution in [0.4, 0.5) is 0 Å². The van der Waals surface area contributed by atoms with Crippen LogP contribution in [-0.4, -0.2) is 6.54 Å². The summed E-state index contributed by atoms with van der Waals surface area (Å²) in [5.41, 5.74) is 9.54. The molecule has 1 aromatic carbocycles. The smallest absolute Gasteiger partial charge is 0.0137 e. The van der Waals surface area contributed by atoms with E-state index in [1.165, 1.54) is 23.1 Å². The van der Waals surface area contributed by atoms with Crippen molar-refractivity contribution in [1.82, 2.24) is 0 Å². The Morgan fingerprint density at radius 2 is 2.07 bits per heavy atom. The number of aryl methyl sites for hydroxylation is 1. The molecule has 0 aliphatic rings. The Morgan fingerprint density at radius 3 is 2.71 bits per heavy atom. The zero-order chi connectivity index (χ0) is 10.4. The standard InChI is InChI=1S/C13H19N/c1-3-6-12-7-4-5-8-13(12)9-11(2)10-14/h4-5,7-9H,3,6,10,14H2,1-2H3/b11-9+. The van der Waals surface area contributed by atoms with Gasteiger partial charge in [-0.25, -0.2) is 0 Å². The summed E-state index contributed by atoms with van der Waals surface area (Å²) in [7, 11) is 0. The van der Waals surface area contributed by atoms with Crippen molar-refractivity contribution in [2.45, 2.75) is 26.7 Å². The van der Waals surface area contributed by atoms with Crippen LogP contribution in [0.15, 0.2) is 29.8 Å². The molecule has 0 bridgehead atoms. The van der Waals surface area contributed by atoms with Crippen LogP contribution in [0.5, 0.6) is 0 Å². The molecule has 0 aliphatic heterocycles. The molecular weight excluding hydrogens is 170 g/mol. The highest BCUT2D eigenvalue weighted by molar-refractivity contribution is 5.56. The van der Waals surface area contributed by atoms with E-state index < -0.39 is 0 Å². The monoisotopic (exact) mass is 189 g/mol. The van der Waals surface area contributed by atoms with Crippen LogP contribution >= 0.6 is 0 Å². The lowest BCUT2D eigenvalue weighted by molar-refractivity contribution is 0.919. The van der Waals surface area contributed by atoms with Crippen LogP contribution < -0.4 is 5.73 Å². The second-order valence-corrected chi connectivity index (χ2v) is 3.64. The maximum Gasteiger partial charge on any atom is 0.0137 e. The van der Waals surface area contributed by atoms with Gasteiger partial charge < -0.3 is 5.73 Å². The van der Waals surface area contributed by atoms with E-state index in [1.54, 1.807) is 0 Å². The summed E-state index contributed by atoms with van der Waals surface area (Å²) >= 11 is 0. The Hall–Kier alpha value is -1.08. The number of nitrogens with two attached hydrogens (primary N) is 1. The molecule has 0 radical (unpaired) electrons. The number of hydrogen-bond acceptors (Lipinski definition) is 1. The third kappa shape index (κ3) is 3.00. The molecule has 0 heterocycles. The largest absolute Gasteiger partial charge is 0.327 e. The first-order valence-electron chi connectivity index (χ1n) is 5.23. The third-order valence-corrected chi connectivity index (χ3v) is 2.30. The van der Waals surface area contributed by atoms with Crippen LogP contribution in [0.2, 0.25) is 0 Å². The van der Waals surface area contributed by atoms with Crippen LogP contribution in [0.3, 0.4) is 0 Å². The summed E-state index contributed by atoms with van der Waals surface area (Å²) in [6.07, 6.45) is 4.52. The predicted molar refractivity (Wildman–Crippen MR) is 63.1 cm³/mol. The van der Waals surface area contributed by atoms with Crippen molar-refractivity contribution in [2.24, 2.45) is 5.73 Å². The third-order valence-electron chi connectivity index (χ3n) is 2.30. The fourth-order valence-electron chi connectivity index (χ4n) is 1.50. The van der Waals surface area contributed by atoms with Crippen molar-refractivity contribution in [2.75, 3.05) is 6.54 Å². The molecule has 2 N–H and O–H groups in total. The SMILES string of the molecule is CCCc1ccccc1/C=C(\C)CN. The van der Waals surface area contributed by atoms with Crippen molar-refractivity contribution >= 4 is 6.08 Å². The van der Waals surface area contributed by atoms with Gasteiger partial charge in [0.25, 0.3) is 0 Å². The summed E-state index contributed by atoms with van der Waals surface area (Å²) in [5.74, 6) is 0. The highest BCUT2D eigenvalue weighted by Crippen LogP contribution is 2.14. The Labute approximate surface area is 86.6 Å². The molecule has 1 nitrogen and oxygen atoms in total. The normalized spacial score (nSPS) is 11.8. The van der Waals surface area contributed by atoms with Crippen LogP contribution in [0, 0.1) is 0 Å². The molecule has 0 saturated carbocycles. The molecule has 0 saturated heterocycles. The number of hydrogen-bond donors (Lipinski definition) is 1. The zero-order valence-corrected chi connectivity index (χ0v) is 9.09. The van der Waals surface area contributed by atoms with Gasteiger partial charge in [0.15, 0.2) is 0 Å². The summed E-state index contributed by atoms with van der Waals surface area (Å²) in [6.45, 7) is 4.92. The van der Waals surface area contributed by atoms with Gasteiger partial charge in [-0.2, -0.15) is 0 Å². The average Bonchev–Trinajstić information content (AvgIpc) is 2.21. The van der Waals surface area contributed by atoms with E-state index in [0.717, 1.165) is 6.42 Å². The lowest BCUT2D eigenvalue weighted by atomic mass is 10.0. The maximum atomic E-state index is 5.58. The van der Waals surface area contributed by atoms with Gasteiger partial charge in [-0.1, -0.05) is 49.3 Å². The molecule has 0 atom stereocenters. The van der Waals surface area contributed by atoms with Crippen molar-refractivity contribution in [1.29, 1.82) is 0 Å². The topological polar surface area (TPSA) is 26.0 Å². The minimum Gasteiger partial charge on any atom is -0.327 e. The first-order chi connectivity index (χ1) is 6.77. The second kappa shape index (κ2) is 5.61. The Kier molecular flexibility index (Phi) is 4.41. The van der Waals surface area contributed by atoms with Crippen molar-refractivity contribution in [3.8, 4) is 0 Å². The summed E-state index contributed by atoms with van der Waals surface area (Å²) in [6, 6.07) is 8.53. The molecule has 0 aliphatic carbocycles. The summed E-state index contributed by atoms with van der Waals surface area (Å²) < 4.78 is 0. The van der Waals surface area contributed by atoms with Gasteiger partial charge in [0.2, 0.25) is 0 Å².